The van der Waals surface area contributed by atoms with Crippen molar-refractivity contribution in [2.45, 2.75) is 72.6 Å². The minimum Gasteiger partial charge on any atom is -0.487 e. The fourth-order valence-electron chi connectivity index (χ4n) is 6.08. The van der Waals surface area contributed by atoms with Crippen LogP contribution < -0.4 is 10.1 Å². The molecule has 0 aliphatic heterocycles. The Morgan fingerprint density at radius 1 is 1.05 bits per heavy atom. The number of thioether (sulfide) groups is 2. The van der Waals surface area contributed by atoms with Gasteiger partial charge in [-0.15, -0.1) is 11.8 Å². The van der Waals surface area contributed by atoms with Crippen molar-refractivity contribution in [3.63, 3.8) is 0 Å². The van der Waals surface area contributed by atoms with E-state index in [0.29, 0.717) is 33.4 Å². The Hall–Kier alpha value is -2.92. The monoisotopic (exact) mass is 621 g/mol. The third kappa shape index (κ3) is 6.99. The predicted molar refractivity (Wildman–Crippen MR) is 156 cm³/mol. The number of rotatable bonds is 10. The van der Waals surface area contributed by atoms with Crippen LogP contribution in [0.3, 0.4) is 0 Å². The summed E-state index contributed by atoms with van der Waals surface area (Å²) in [6.07, 6.45) is 4.63. The van der Waals surface area contributed by atoms with E-state index in [1.165, 1.54) is 61.4 Å². The molecule has 0 spiro atoms. The highest BCUT2D eigenvalue weighted by Gasteiger charge is 2.46. The molecule has 0 heterocycles. The Labute approximate surface area is 249 Å². The number of carboxylic acids is 1. The maximum absolute atomic E-state index is 14.0. The molecule has 42 heavy (non-hydrogen) atoms. The molecular formula is C31H31F4NO4S2. The van der Waals surface area contributed by atoms with E-state index < -0.39 is 34.0 Å². The zero-order valence-electron chi connectivity index (χ0n) is 23.0. The minimum absolute atomic E-state index is 0.0255. The number of aliphatic carboxylic acids is 1. The van der Waals surface area contributed by atoms with E-state index in [1.807, 2.05) is 13.8 Å². The van der Waals surface area contributed by atoms with Crippen molar-refractivity contribution < 1.29 is 37.0 Å². The summed E-state index contributed by atoms with van der Waals surface area (Å²) in [6.45, 7) is 3.59. The highest BCUT2D eigenvalue weighted by Crippen LogP contribution is 2.52. The summed E-state index contributed by atoms with van der Waals surface area (Å²) in [4.78, 5) is 26.1. The molecule has 2 N–H and O–H groups in total. The molecule has 0 aromatic heterocycles. The molecule has 3 aromatic rings. The van der Waals surface area contributed by atoms with Crippen molar-refractivity contribution in [3.05, 3.63) is 71.5 Å². The van der Waals surface area contributed by atoms with E-state index in [0.717, 1.165) is 12.8 Å². The minimum atomic E-state index is -4.41. The van der Waals surface area contributed by atoms with Crippen LogP contribution in [0.15, 0.2) is 59.5 Å². The topological polar surface area (TPSA) is 75.6 Å². The zero-order chi connectivity index (χ0) is 30.2. The Kier molecular flexibility index (Phi) is 8.72. The van der Waals surface area contributed by atoms with E-state index in [2.05, 4.69) is 5.32 Å². The summed E-state index contributed by atoms with van der Waals surface area (Å²) < 4.78 is 57.3. The molecule has 2 bridgehead atoms. The van der Waals surface area contributed by atoms with Gasteiger partial charge in [0.05, 0.1) is 5.56 Å². The van der Waals surface area contributed by atoms with Crippen LogP contribution in [0.1, 0.15) is 55.5 Å². The van der Waals surface area contributed by atoms with Gasteiger partial charge in [-0.3, -0.25) is 4.79 Å². The van der Waals surface area contributed by atoms with E-state index in [4.69, 9.17) is 4.74 Å². The summed E-state index contributed by atoms with van der Waals surface area (Å²) in [5.41, 5.74) is -3.78. The Morgan fingerprint density at radius 3 is 2.40 bits per heavy atom. The number of carbonyl (C=O) groups excluding carboxylic acids is 1. The number of fused-ring (bicyclic) bond motifs is 3. The van der Waals surface area contributed by atoms with E-state index in [1.54, 1.807) is 17.8 Å². The maximum Gasteiger partial charge on any atom is 0.446 e. The smallest absolute Gasteiger partial charge is 0.446 e. The number of carbonyl (C=O) groups is 2. The van der Waals surface area contributed by atoms with Gasteiger partial charge < -0.3 is 15.2 Å². The van der Waals surface area contributed by atoms with Crippen LogP contribution in [-0.2, 0) is 11.4 Å². The molecule has 0 radical (unpaired) electrons. The highest BCUT2D eigenvalue weighted by molar-refractivity contribution is 8.01. The Bertz CT molecular complexity index is 1480. The van der Waals surface area contributed by atoms with Gasteiger partial charge in [-0.1, -0.05) is 24.6 Å². The lowest BCUT2D eigenvalue weighted by Crippen LogP contribution is -2.53. The molecule has 5 rings (SSSR count). The molecule has 3 aromatic carbocycles. The highest BCUT2D eigenvalue weighted by atomic mass is 32.2. The number of alkyl halides is 3. The molecule has 5 nitrogen and oxygen atoms in total. The number of ether oxygens (including phenoxy) is 1. The van der Waals surface area contributed by atoms with Crippen LogP contribution >= 0.6 is 23.5 Å². The first-order chi connectivity index (χ1) is 19.8. The summed E-state index contributed by atoms with van der Waals surface area (Å²) in [5, 5.41) is 14.1. The van der Waals surface area contributed by atoms with Gasteiger partial charge in [-0.25, -0.2) is 9.18 Å². The molecule has 2 saturated carbocycles. The molecule has 11 heteroatoms. The normalized spacial score (nSPS) is 21.0. The summed E-state index contributed by atoms with van der Waals surface area (Å²) in [6, 6.07) is 11.5. The first-order valence-electron chi connectivity index (χ1n) is 13.7. The molecule has 2 aliphatic carbocycles. The van der Waals surface area contributed by atoms with E-state index >= 15 is 0 Å². The predicted octanol–water partition coefficient (Wildman–Crippen LogP) is 8.05. The number of nitrogens with one attached hydrogen (secondary N) is 1. The molecule has 4 atom stereocenters. The summed E-state index contributed by atoms with van der Waals surface area (Å²) in [5.74, 6) is -0.877. The third-order valence-electron chi connectivity index (χ3n) is 8.06. The van der Waals surface area contributed by atoms with Crippen LogP contribution in [0.2, 0.25) is 0 Å². The third-order valence-corrected chi connectivity index (χ3v) is 10.5. The van der Waals surface area contributed by atoms with Crippen LogP contribution in [0.5, 0.6) is 5.75 Å². The first kappa shape index (κ1) is 30.5. The van der Waals surface area contributed by atoms with Gasteiger partial charge in [-0.05, 0) is 104 Å². The van der Waals surface area contributed by atoms with Crippen LogP contribution in [0.25, 0.3) is 10.8 Å². The average molecular weight is 622 g/mol. The van der Waals surface area contributed by atoms with Crippen molar-refractivity contribution in [2.24, 2.45) is 11.8 Å². The molecule has 2 fully saturated rings. The number of hydrogen-bond donors (Lipinski definition) is 2. The van der Waals surface area contributed by atoms with Crippen molar-refractivity contribution in [2.75, 3.05) is 0 Å². The number of amides is 1. The lowest BCUT2D eigenvalue weighted by Gasteiger charge is -2.36. The lowest BCUT2D eigenvalue weighted by molar-refractivity contribution is -0.139. The van der Waals surface area contributed by atoms with Crippen molar-refractivity contribution in [1.82, 2.24) is 5.32 Å². The van der Waals surface area contributed by atoms with Gasteiger partial charge in [0, 0.05) is 20.3 Å². The number of carboxylic acid groups (broad SMARTS) is 1. The molecule has 2 aliphatic rings. The second kappa shape index (κ2) is 12.0. The first-order valence-corrected chi connectivity index (χ1v) is 15.4. The van der Waals surface area contributed by atoms with Crippen molar-refractivity contribution in [1.29, 1.82) is 0 Å². The van der Waals surface area contributed by atoms with Gasteiger partial charge in [0.1, 0.15) is 24.2 Å². The van der Waals surface area contributed by atoms with Gasteiger partial charge in [0.15, 0.2) is 0 Å². The summed E-state index contributed by atoms with van der Waals surface area (Å²) >= 11 is 1.40. The molecule has 224 valence electrons. The molecule has 0 saturated heterocycles. The van der Waals surface area contributed by atoms with Crippen LogP contribution in [-0.4, -0.2) is 38.5 Å². The van der Waals surface area contributed by atoms with Gasteiger partial charge in [0.2, 0.25) is 0 Å². The van der Waals surface area contributed by atoms with E-state index in [-0.39, 0.29) is 34.6 Å². The standard InChI is InChI=1S/C31H31F4NO4S2/c1-30(2,42-25-14-18-3-6-20(25)13-18)27(29(38)39)36-28(37)24-11-7-19-15-21(32)8-12-23(19)26(24)40-16-17-4-9-22(10-5-17)41-31(33,34)35/h4-5,7-12,15,18,20,25,27H,3,6,13-14,16H2,1-2H3,(H,36,37)(H,38,39)/t18-,20+,25-,27-/m1/s1. The summed E-state index contributed by atoms with van der Waals surface area (Å²) in [7, 11) is 0. The molecule has 1 amide bonds. The maximum atomic E-state index is 14.0. The van der Waals surface area contributed by atoms with Gasteiger partial charge in [0.25, 0.3) is 5.91 Å². The van der Waals surface area contributed by atoms with Gasteiger partial charge >= 0.3 is 11.5 Å². The number of hydrogen-bond acceptors (Lipinski definition) is 5. The fourth-order valence-corrected chi connectivity index (χ4v) is 8.50. The number of benzene rings is 3. The van der Waals surface area contributed by atoms with Crippen LogP contribution in [0, 0.1) is 17.7 Å². The van der Waals surface area contributed by atoms with Crippen molar-refractivity contribution in [3.8, 4) is 5.75 Å². The van der Waals surface area contributed by atoms with Crippen LogP contribution in [0.4, 0.5) is 17.6 Å². The zero-order valence-corrected chi connectivity index (χ0v) is 24.7. The lowest BCUT2D eigenvalue weighted by atomic mass is 10.00. The quantitative estimate of drug-likeness (QED) is 0.176. The Balaban J connectivity index is 1.38. The second-order valence-electron chi connectivity index (χ2n) is 11.5. The Morgan fingerprint density at radius 2 is 1.79 bits per heavy atom. The SMILES string of the molecule is CC(C)(S[C@@H]1C[C@@H]2CC[C@H]1C2)[C@H](NC(=O)c1ccc2cc(F)ccc2c1OCc1ccc(SC(F)(F)F)cc1)C(=O)O. The fraction of sp³-hybridized carbons (Fsp3) is 0.419. The van der Waals surface area contributed by atoms with Gasteiger partial charge in [-0.2, -0.15) is 13.2 Å². The largest absolute Gasteiger partial charge is 0.487 e. The average Bonchev–Trinajstić information content (AvgIpc) is 3.52. The molecule has 0 unspecified atom stereocenters. The van der Waals surface area contributed by atoms with Crippen molar-refractivity contribution >= 4 is 46.2 Å². The number of halogens is 4. The van der Waals surface area contributed by atoms with E-state index in [9.17, 15) is 32.3 Å². The molecular weight excluding hydrogens is 590 g/mol. The second-order valence-corrected chi connectivity index (χ2v) is 14.5.